The minimum Gasteiger partial charge on any atom is -0.395 e. The molecule has 0 spiro atoms. The molecule has 3 nitrogen and oxygen atoms in total. The molecule has 124 valence electrons. The molecule has 0 saturated heterocycles. The summed E-state index contributed by atoms with van der Waals surface area (Å²) in [6, 6.07) is 0.0871. The maximum atomic E-state index is 9.93. The first-order valence-electron chi connectivity index (χ1n) is 8.07. The van der Waals surface area contributed by atoms with Crippen molar-refractivity contribution in [3.05, 3.63) is 0 Å². The van der Waals surface area contributed by atoms with Crippen LogP contribution in [0.25, 0.3) is 0 Å². The first-order valence-corrected chi connectivity index (χ1v) is 8.07. The van der Waals surface area contributed by atoms with Gasteiger partial charge in [0.25, 0.3) is 0 Å². The highest BCUT2D eigenvalue weighted by molar-refractivity contribution is 4.70. The third-order valence-corrected chi connectivity index (χ3v) is 3.88. The molecule has 0 aromatic carbocycles. The van der Waals surface area contributed by atoms with Crippen molar-refractivity contribution < 1.29 is 14.9 Å². The monoisotopic (exact) mass is 293 g/mol. The minimum absolute atomic E-state index is 0. The Hall–Kier alpha value is -0.190. The summed E-state index contributed by atoms with van der Waals surface area (Å²) in [6.45, 7) is 2.37. The van der Waals surface area contributed by atoms with Gasteiger partial charge in [0.1, 0.15) is 0 Å². The van der Waals surface area contributed by atoms with Crippen molar-refractivity contribution in [2.45, 2.75) is 83.3 Å². The molecule has 0 rings (SSSR count). The number of aliphatic hydroxyl groups is 2. The van der Waals surface area contributed by atoms with Crippen molar-refractivity contribution in [2.24, 2.45) is 0 Å². The van der Waals surface area contributed by atoms with Gasteiger partial charge >= 0.3 is 0 Å². The van der Waals surface area contributed by atoms with Crippen molar-refractivity contribution in [3.63, 3.8) is 0 Å². The van der Waals surface area contributed by atoms with Crippen LogP contribution in [-0.2, 0) is 0 Å². The molecule has 4 heteroatoms. The Morgan fingerprint density at radius 3 is 1.85 bits per heavy atom. The van der Waals surface area contributed by atoms with Gasteiger partial charge in [-0.1, -0.05) is 58.3 Å². The first kappa shape index (κ1) is 22.1. The average Bonchev–Trinajstić information content (AvgIpc) is 2.38. The molecular formula is C16H36FNO2. The van der Waals surface area contributed by atoms with E-state index in [0.29, 0.717) is 6.42 Å². The zero-order chi connectivity index (χ0) is 14.5. The van der Waals surface area contributed by atoms with Crippen LogP contribution in [0.1, 0.15) is 71.1 Å². The summed E-state index contributed by atoms with van der Waals surface area (Å²) in [4.78, 5) is 1.98. The molecule has 20 heavy (non-hydrogen) atoms. The molecule has 0 radical (unpaired) electrons. The van der Waals surface area contributed by atoms with Crippen LogP contribution in [0.3, 0.4) is 0 Å². The fourth-order valence-corrected chi connectivity index (χ4v) is 2.39. The molecule has 2 unspecified atom stereocenters. The average molecular weight is 293 g/mol. The van der Waals surface area contributed by atoms with Crippen LogP contribution >= 0.6 is 0 Å². The summed E-state index contributed by atoms with van der Waals surface area (Å²) in [7, 11) is 3.90. The van der Waals surface area contributed by atoms with Crippen molar-refractivity contribution in [1.29, 1.82) is 0 Å². The van der Waals surface area contributed by atoms with E-state index in [1.807, 2.05) is 19.0 Å². The number of rotatable bonds is 13. The number of nitrogens with zero attached hydrogens (tertiary/aromatic N) is 1. The predicted octanol–water partition coefficient (Wildman–Crippen LogP) is 3.34. The van der Waals surface area contributed by atoms with Gasteiger partial charge in [0.15, 0.2) is 0 Å². The molecule has 0 saturated carbocycles. The number of aliphatic hydroxyl groups excluding tert-OH is 2. The molecule has 0 aliphatic carbocycles. The van der Waals surface area contributed by atoms with Gasteiger partial charge in [0.05, 0.1) is 12.7 Å². The number of hydrogen-bond acceptors (Lipinski definition) is 3. The van der Waals surface area contributed by atoms with E-state index in [2.05, 4.69) is 6.92 Å². The van der Waals surface area contributed by atoms with Crippen molar-refractivity contribution >= 4 is 0 Å². The second kappa shape index (κ2) is 15.2. The smallest absolute Gasteiger partial charge is 0.0587 e. The number of unbranched alkanes of at least 4 members (excludes halogenated alkanes) is 7. The molecule has 2 N–H and O–H groups in total. The molecule has 2 atom stereocenters. The largest absolute Gasteiger partial charge is 0.395 e. The lowest BCUT2D eigenvalue weighted by molar-refractivity contribution is 0.0843. The standard InChI is InChI=1S/C16H35NO2.FH/c1-4-5-6-7-8-9-10-11-12-16(19)13-15(14-18)17(2)3;/h15-16,18-19H,4-14H2,1-3H3;1H. The normalized spacial score (nSPS) is 14.1. The Labute approximate surface area is 124 Å². The highest BCUT2D eigenvalue weighted by Crippen LogP contribution is 2.13. The molecule has 0 amide bonds. The van der Waals surface area contributed by atoms with E-state index in [1.54, 1.807) is 0 Å². The molecule has 0 aliphatic heterocycles. The van der Waals surface area contributed by atoms with Crippen molar-refractivity contribution in [3.8, 4) is 0 Å². The fraction of sp³-hybridized carbons (Fsp3) is 1.00. The second-order valence-corrected chi connectivity index (χ2v) is 5.95. The fourth-order valence-electron chi connectivity index (χ4n) is 2.39. The highest BCUT2D eigenvalue weighted by Gasteiger charge is 2.15. The summed E-state index contributed by atoms with van der Waals surface area (Å²) in [5.41, 5.74) is 0. The number of hydrogen-bond donors (Lipinski definition) is 2. The number of likely N-dealkylation sites (N-methyl/N-ethyl adjacent to an activating group) is 1. The Balaban J connectivity index is 0. The predicted molar refractivity (Wildman–Crippen MR) is 84.9 cm³/mol. The van der Waals surface area contributed by atoms with E-state index < -0.39 is 0 Å². The van der Waals surface area contributed by atoms with Crippen LogP contribution in [0.5, 0.6) is 0 Å². The van der Waals surface area contributed by atoms with Crippen molar-refractivity contribution in [2.75, 3.05) is 20.7 Å². The molecule has 0 fully saturated rings. The van der Waals surface area contributed by atoms with Gasteiger partial charge in [-0.05, 0) is 26.9 Å². The van der Waals surface area contributed by atoms with Gasteiger partial charge < -0.3 is 15.1 Å². The van der Waals surface area contributed by atoms with E-state index in [0.717, 1.165) is 12.8 Å². The van der Waals surface area contributed by atoms with Gasteiger partial charge in [-0.25, -0.2) is 0 Å². The second-order valence-electron chi connectivity index (χ2n) is 5.95. The molecule has 0 aromatic rings. The Morgan fingerprint density at radius 1 is 0.900 bits per heavy atom. The van der Waals surface area contributed by atoms with Gasteiger partial charge in [0, 0.05) is 6.04 Å². The molecule has 0 bridgehead atoms. The molecule has 0 aliphatic rings. The summed E-state index contributed by atoms with van der Waals surface area (Å²) in [5, 5.41) is 19.1. The summed E-state index contributed by atoms with van der Waals surface area (Å²) in [6.07, 6.45) is 11.7. The van der Waals surface area contributed by atoms with Crippen LogP contribution in [-0.4, -0.2) is 48.0 Å². The molecule has 0 aromatic heterocycles. The van der Waals surface area contributed by atoms with Crippen LogP contribution < -0.4 is 0 Å². The third kappa shape index (κ3) is 12.8. The Morgan fingerprint density at radius 2 is 1.40 bits per heavy atom. The molecular weight excluding hydrogens is 257 g/mol. The molecule has 0 heterocycles. The van der Waals surface area contributed by atoms with Crippen LogP contribution in [0.4, 0.5) is 4.70 Å². The summed E-state index contributed by atoms with van der Waals surface area (Å²) >= 11 is 0. The van der Waals surface area contributed by atoms with Crippen LogP contribution in [0, 0.1) is 0 Å². The first-order chi connectivity index (χ1) is 9.11. The van der Waals surface area contributed by atoms with Gasteiger partial charge in [-0.3, -0.25) is 4.70 Å². The Bertz CT molecular complexity index is 191. The van der Waals surface area contributed by atoms with Gasteiger partial charge in [0.2, 0.25) is 0 Å². The Kier molecular flexibility index (Phi) is 16.8. The highest BCUT2D eigenvalue weighted by atomic mass is 19.0. The van der Waals surface area contributed by atoms with Crippen LogP contribution in [0.2, 0.25) is 0 Å². The van der Waals surface area contributed by atoms with Crippen molar-refractivity contribution in [1.82, 2.24) is 4.90 Å². The third-order valence-electron chi connectivity index (χ3n) is 3.88. The lowest BCUT2D eigenvalue weighted by atomic mass is 10.0. The maximum Gasteiger partial charge on any atom is 0.0587 e. The zero-order valence-corrected chi connectivity index (χ0v) is 13.7. The van der Waals surface area contributed by atoms with E-state index in [9.17, 15) is 10.2 Å². The topological polar surface area (TPSA) is 43.7 Å². The van der Waals surface area contributed by atoms with E-state index in [4.69, 9.17) is 0 Å². The lowest BCUT2D eigenvalue weighted by Crippen LogP contribution is -2.34. The summed E-state index contributed by atoms with van der Waals surface area (Å²) < 4.78 is 0. The van der Waals surface area contributed by atoms with E-state index in [1.165, 1.54) is 44.9 Å². The van der Waals surface area contributed by atoms with E-state index >= 15 is 0 Å². The number of halogens is 1. The SMILES string of the molecule is CCCCCCCCCCC(O)CC(CO)N(C)C.F. The van der Waals surface area contributed by atoms with E-state index in [-0.39, 0.29) is 23.5 Å². The van der Waals surface area contributed by atoms with Gasteiger partial charge in [-0.2, -0.15) is 0 Å². The maximum absolute atomic E-state index is 9.93. The minimum atomic E-state index is -0.264. The quantitative estimate of drug-likeness (QED) is 0.512. The zero-order valence-electron chi connectivity index (χ0n) is 13.7. The summed E-state index contributed by atoms with van der Waals surface area (Å²) in [5.74, 6) is 0. The van der Waals surface area contributed by atoms with Gasteiger partial charge in [-0.15, -0.1) is 0 Å². The van der Waals surface area contributed by atoms with Crippen LogP contribution in [0.15, 0.2) is 0 Å². The lowest BCUT2D eigenvalue weighted by Gasteiger charge is -2.24.